The van der Waals surface area contributed by atoms with Crippen LogP contribution in [0.2, 0.25) is 0 Å². The van der Waals surface area contributed by atoms with Crippen molar-refractivity contribution in [3.05, 3.63) is 34.9 Å². The summed E-state index contributed by atoms with van der Waals surface area (Å²) in [5, 5.41) is 11.2. The van der Waals surface area contributed by atoms with Crippen molar-refractivity contribution in [2.75, 3.05) is 17.2 Å². The predicted molar refractivity (Wildman–Crippen MR) is 106 cm³/mol. The Balaban J connectivity index is 2.11. The number of hydrogen-bond acceptors (Lipinski definition) is 6. The summed E-state index contributed by atoms with van der Waals surface area (Å²) in [4.78, 5) is 20.7. The summed E-state index contributed by atoms with van der Waals surface area (Å²) in [6.07, 6.45) is 1.56. The molecule has 2 aromatic rings. The monoisotopic (exact) mass is 442 g/mol. The van der Waals surface area contributed by atoms with Crippen LogP contribution in [0.3, 0.4) is 0 Å². The van der Waals surface area contributed by atoms with Gasteiger partial charge in [-0.3, -0.25) is 4.79 Å². The second-order valence-electron chi connectivity index (χ2n) is 6.63. The van der Waals surface area contributed by atoms with Gasteiger partial charge in [-0.2, -0.15) is 9.54 Å². The first kappa shape index (κ1) is 20.4. The topological polar surface area (TPSA) is 130 Å². The molecule has 0 fully saturated rings. The van der Waals surface area contributed by atoms with E-state index in [0.717, 1.165) is 0 Å². The fourth-order valence-corrected chi connectivity index (χ4v) is 2.70. The van der Waals surface area contributed by atoms with Crippen LogP contribution in [0.15, 0.2) is 39.8 Å². The van der Waals surface area contributed by atoms with E-state index >= 15 is 0 Å². The third-order valence-electron chi connectivity index (χ3n) is 3.45. The largest absolute Gasteiger partial charge is 0.362 e. The molecule has 0 saturated carbocycles. The smallest absolute Gasteiger partial charge is 0.320 e. The fraction of sp³-hybridized carbons (Fsp3) is 0.312. The fourth-order valence-electron chi connectivity index (χ4n) is 1.84. The van der Waals surface area contributed by atoms with Gasteiger partial charge in [0.15, 0.2) is 5.78 Å². The van der Waals surface area contributed by atoms with Crippen molar-refractivity contribution < 1.29 is 13.6 Å². The molecule has 0 amide bonds. The Labute approximate surface area is 161 Å². The number of Topliss-reactive ketones (excluding diaryl/α,β-unsaturated/α-hetero) is 1. The van der Waals surface area contributed by atoms with Gasteiger partial charge in [-0.15, -0.1) is 5.14 Å². The second kappa shape index (κ2) is 7.78. The van der Waals surface area contributed by atoms with E-state index in [1.165, 1.54) is 12.1 Å². The Hall–Kier alpha value is -1.88. The van der Waals surface area contributed by atoms with E-state index in [9.17, 15) is 13.6 Å². The van der Waals surface area contributed by atoms with Crippen LogP contribution in [-0.2, 0) is 19.4 Å². The molecule has 0 saturated heterocycles. The quantitative estimate of drug-likeness (QED) is 0.505. The van der Waals surface area contributed by atoms with Crippen LogP contribution in [-0.4, -0.2) is 26.8 Å². The number of carbonyl (C=O) groups excluding carboxylic acids is 1. The average Bonchev–Trinajstić information content (AvgIpc) is 2.53. The number of carbonyl (C=O) groups is 1. The van der Waals surface area contributed by atoms with Crippen molar-refractivity contribution in [2.24, 2.45) is 10.6 Å². The van der Waals surface area contributed by atoms with E-state index < -0.39 is 15.8 Å². The van der Waals surface area contributed by atoms with Gasteiger partial charge in [0.25, 0.3) is 0 Å². The van der Waals surface area contributed by atoms with Gasteiger partial charge in [0.05, 0.1) is 11.0 Å². The summed E-state index contributed by atoms with van der Waals surface area (Å²) in [7, 11) is -3.49. The third kappa shape index (κ3) is 5.56. The minimum atomic E-state index is -3.49. The highest BCUT2D eigenvalue weighted by Gasteiger charge is 2.22. The van der Waals surface area contributed by atoms with E-state index in [1.54, 1.807) is 18.3 Å². The minimum absolute atomic E-state index is 0.0579. The Kier molecular flexibility index (Phi) is 6.12. The van der Waals surface area contributed by atoms with Crippen LogP contribution in [0.25, 0.3) is 0 Å². The maximum atomic E-state index is 12.0. The summed E-state index contributed by atoms with van der Waals surface area (Å²) in [6, 6.07) is 6.09. The van der Waals surface area contributed by atoms with E-state index in [-0.39, 0.29) is 17.2 Å². The number of aromatic nitrogens is 2. The van der Waals surface area contributed by atoms with Crippen molar-refractivity contribution in [3.63, 3.8) is 0 Å². The van der Waals surface area contributed by atoms with Gasteiger partial charge in [0, 0.05) is 29.4 Å². The second-order valence-corrected chi connectivity index (χ2v) is 9.10. The third-order valence-corrected chi connectivity index (χ3v) is 4.97. The van der Waals surface area contributed by atoms with E-state index in [1.807, 2.05) is 20.8 Å². The highest BCUT2D eigenvalue weighted by atomic mass is 79.9. The molecule has 1 aromatic carbocycles. The van der Waals surface area contributed by atoms with Crippen LogP contribution in [0, 0.1) is 5.41 Å². The molecule has 0 aliphatic heterocycles. The zero-order valence-corrected chi connectivity index (χ0v) is 17.0. The lowest BCUT2D eigenvalue weighted by Gasteiger charge is -2.17. The van der Waals surface area contributed by atoms with Crippen LogP contribution in [0.1, 0.15) is 20.8 Å². The molecule has 0 aliphatic carbocycles. The van der Waals surface area contributed by atoms with Crippen LogP contribution in [0.5, 0.6) is 0 Å². The van der Waals surface area contributed by atoms with Gasteiger partial charge >= 0.3 is 10.4 Å². The number of nitrogens with one attached hydrogen (secondary N) is 2. The maximum absolute atomic E-state index is 12.0. The molecule has 8 nitrogen and oxygen atoms in total. The Bertz CT molecular complexity index is 846. The van der Waals surface area contributed by atoms with E-state index in [2.05, 4.69) is 36.5 Å². The molecule has 0 bridgehead atoms. The van der Waals surface area contributed by atoms with Gasteiger partial charge in [0.2, 0.25) is 10.8 Å². The molecule has 1 unspecified atom stereocenters. The summed E-state index contributed by atoms with van der Waals surface area (Å²) < 4.78 is 21.3. The SMILES string of the molecule is CC(C)(C)C(=O)CNc1nc(Nc2ccc([S+](N)(=O)O)cc2)ncc1Br. The number of anilines is 3. The molecule has 0 aliphatic rings. The van der Waals surface area contributed by atoms with E-state index in [4.69, 9.17) is 5.14 Å². The first-order valence-electron chi connectivity index (χ1n) is 7.68. The van der Waals surface area contributed by atoms with Crippen molar-refractivity contribution in [2.45, 2.75) is 25.7 Å². The Morgan fingerprint density at radius 2 is 1.92 bits per heavy atom. The van der Waals surface area contributed by atoms with Gasteiger partial charge in [-0.25, -0.2) is 4.98 Å². The number of benzene rings is 1. The first-order valence-corrected chi connectivity index (χ1v) is 10.0. The number of ketones is 1. The summed E-state index contributed by atoms with van der Waals surface area (Å²) in [5.41, 5.74) is 0.181. The number of nitrogens with two attached hydrogens (primary N) is 1. The molecule has 26 heavy (non-hydrogen) atoms. The molecule has 1 aromatic heterocycles. The number of rotatable bonds is 6. The molecular formula is C16H21BrN5O3S+. The zero-order valence-electron chi connectivity index (χ0n) is 14.6. The number of nitrogens with zero attached hydrogens (tertiary/aromatic N) is 2. The minimum Gasteiger partial charge on any atom is -0.362 e. The molecular weight excluding hydrogens is 422 g/mol. The lowest BCUT2D eigenvalue weighted by atomic mass is 9.91. The molecule has 2 rings (SSSR count). The van der Waals surface area contributed by atoms with Gasteiger partial charge in [0.1, 0.15) is 5.82 Å². The summed E-state index contributed by atoms with van der Waals surface area (Å²) in [5.74, 6) is 0.851. The molecule has 10 heteroatoms. The lowest BCUT2D eigenvalue weighted by Crippen LogP contribution is -2.27. The average molecular weight is 443 g/mol. The Morgan fingerprint density at radius 3 is 2.46 bits per heavy atom. The summed E-state index contributed by atoms with van der Waals surface area (Å²) in [6.45, 7) is 5.71. The lowest BCUT2D eigenvalue weighted by molar-refractivity contribution is -0.124. The molecule has 0 spiro atoms. The van der Waals surface area contributed by atoms with Gasteiger partial charge in [-0.05, 0) is 32.3 Å². The van der Waals surface area contributed by atoms with Crippen molar-refractivity contribution in [3.8, 4) is 0 Å². The number of halogens is 1. The van der Waals surface area contributed by atoms with Crippen LogP contribution in [0.4, 0.5) is 17.5 Å². The Morgan fingerprint density at radius 1 is 1.31 bits per heavy atom. The van der Waals surface area contributed by atoms with E-state index in [0.29, 0.717) is 21.9 Å². The standard InChI is InChI=1S/C16H20BrN5O3S/c1-16(2,3)13(23)9-19-14-12(17)8-20-15(22-14)21-10-4-6-11(7-5-10)26(18,24)25/h4-8H,9H2,1-3H3,(H4-,18,19,20,21,22,24,25)/p+1. The summed E-state index contributed by atoms with van der Waals surface area (Å²) >= 11 is 3.35. The maximum Gasteiger partial charge on any atom is 0.320 e. The molecule has 1 atom stereocenters. The van der Waals surface area contributed by atoms with Gasteiger partial charge < -0.3 is 10.6 Å². The molecule has 0 radical (unpaired) electrons. The highest BCUT2D eigenvalue weighted by molar-refractivity contribution is 9.10. The first-order chi connectivity index (χ1) is 12.0. The molecule has 5 N–H and O–H groups in total. The highest BCUT2D eigenvalue weighted by Crippen LogP contribution is 2.23. The van der Waals surface area contributed by atoms with Crippen molar-refractivity contribution >= 4 is 49.6 Å². The van der Waals surface area contributed by atoms with Crippen LogP contribution < -0.4 is 15.8 Å². The van der Waals surface area contributed by atoms with Crippen molar-refractivity contribution in [1.29, 1.82) is 0 Å². The molecule has 1 heterocycles. The molecule has 140 valence electrons. The van der Waals surface area contributed by atoms with Crippen molar-refractivity contribution in [1.82, 2.24) is 9.97 Å². The van der Waals surface area contributed by atoms with Crippen LogP contribution >= 0.6 is 15.9 Å². The zero-order chi connectivity index (χ0) is 19.5. The number of hydrogen-bond donors (Lipinski definition) is 4. The normalized spacial score (nSPS) is 13.8. The van der Waals surface area contributed by atoms with Gasteiger partial charge in [-0.1, -0.05) is 20.8 Å². The predicted octanol–water partition coefficient (Wildman–Crippen LogP) is 3.21.